The summed E-state index contributed by atoms with van der Waals surface area (Å²) in [6, 6.07) is 6.37. The third-order valence-corrected chi connectivity index (χ3v) is 4.48. The number of carbonyl (C=O) groups excluding carboxylic acids is 1. The molecule has 1 N–H and O–H groups in total. The average molecular weight is 392 g/mol. The van der Waals surface area contributed by atoms with Crippen LogP contribution in [0.1, 0.15) is 24.3 Å². The molecule has 0 unspecified atom stereocenters. The van der Waals surface area contributed by atoms with Gasteiger partial charge in [-0.2, -0.15) is 0 Å². The normalized spacial score (nSPS) is 15.2. The van der Waals surface area contributed by atoms with Crippen LogP contribution in [-0.4, -0.2) is 40.2 Å². The first-order chi connectivity index (χ1) is 13.4. The number of pyridine rings is 2. The van der Waals surface area contributed by atoms with E-state index in [2.05, 4.69) is 26.6 Å². The molecule has 0 spiro atoms. The maximum absolute atomic E-state index is 12.2. The van der Waals surface area contributed by atoms with E-state index in [9.17, 15) is 18.0 Å². The molecular weight excluding hydrogens is 373 g/mol. The van der Waals surface area contributed by atoms with Gasteiger partial charge in [0.25, 0.3) is 0 Å². The molecule has 1 aliphatic rings. The molecule has 0 bridgehead atoms. The van der Waals surface area contributed by atoms with Gasteiger partial charge in [0.05, 0.1) is 11.9 Å². The summed E-state index contributed by atoms with van der Waals surface area (Å²) in [6.07, 6.45) is 1.00. The summed E-state index contributed by atoms with van der Waals surface area (Å²) < 4.78 is 40.5. The van der Waals surface area contributed by atoms with Crippen molar-refractivity contribution in [2.75, 3.05) is 18.4 Å². The highest BCUT2D eigenvalue weighted by Crippen LogP contribution is 2.33. The summed E-state index contributed by atoms with van der Waals surface area (Å²) in [5.74, 6) is 0.224. The second-order valence-corrected chi connectivity index (χ2v) is 6.30. The SMILES string of the molecule is C=CC(=O)N1CCC(c2cccnc2Nc2ccc(OC(F)(F)F)nc2)CC1. The minimum Gasteiger partial charge on any atom is -0.388 e. The molecule has 3 rings (SSSR count). The first kappa shape index (κ1) is 19.7. The standard InChI is InChI=1S/C19H19F3N4O2/c1-2-17(27)26-10-7-13(8-11-26)15-4-3-9-23-18(15)25-14-5-6-16(24-12-14)28-19(20,21)22/h2-6,9,12-13H,1,7-8,10-11H2,(H,23,25). The third kappa shape index (κ3) is 4.99. The van der Waals surface area contributed by atoms with Gasteiger partial charge in [0.2, 0.25) is 11.8 Å². The fourth-order valence-corrected chi connectivity index (χ4v) is 3.16. The summed E-state index contributed by atoms with van der Waals surface area (Å²) >= 11 is 0. The third-order valence-electron chi connectivity index (χ3n) is 4.48. The van der Waals surface area contributed by atoms with Crippen molar-refractivity contribution in [1.29, 1.82) is 0 Å². The van der Waals surface area contributed by atoms with Crippen LogP contribution in [0, 0.1) is 0 Å². The molecule has 0 radical (unpaired) electrons. The zero-order valence-corrected chi connectivity index (χ0v) is 14.9. The lowest BCUT2D eigenvalue weighted by Crippen LogP contribution is -2.36. The average Bonchev–Trinajstić information content (AvgIpc) is 2.68. The van der Waals surface area contributed by atoms with Gasteiger partial charge in [-0.25, -0.2) is 9.97 Å². The number of piperidine rings is 1. The van der Waals surface area contributed by atoms with E-state index in [1.165, 1.54) is 18.3 Å². The van der Waals surface area contributed by atoms with Crippen molar-refractivity contribution < 1.29 is 22.7 Å². The lowest BCUT2D eigenvalue weighted by molar-refractivity contribution is -0.276. The number of hydrogen-bond donors (Lipinski definition) is 1. The van der Waals surface area contributed by atoms with Gasteiger partial charge < -0.3 is 15.0 Å². The molecule has 0 aromatic carbocycles. The lowest BCUT2D eigenvalue weighted by atomic mass is 9.89. The van der Waals surface area contributed by atoms with Crippen molar-refractivity contribution in [3.63, 3.8) is 0 Å². The zero-order valence-electron chi connectivity index (χ0n) is 14.9. The molecule has 0 aliphatic carbocycles. The maximum atomic E-state index is 12.2. The van der Waals surface area contributed by atoms with Gasteiger partial charge in [-0.3, -0.25) is 4.79 Å². The number of hydrogen-bond acceptors (Lipinski definition) is 5. The number of likely N-dealkylation sites (tertiary alicyclic amines) is 1. The highest BCUT2D eigenvalue weighted by Gasteiger charge is 2.31. The van der Waals surface area contributed by atoms with Crippen LogP contribution in [0.15, 0.2) is 49.3 Å². The molecule has 1 amide bonds. The van der Waals surface area contributed by atoms with Gasteiger partial charge in [-0.1, -0.05) is 12.6 Å². The molecule has 3 heterocycles. The molecule has 9 heteroatoms. The van der Waals surface area contributed by atoms with E-state index < -0.39 is 12.2 Å². The number of nitrogens with zero attached hydrogens (tertiary/aromatic N) is 3. The Bertz CT molecular complexity index is 832. The van der Waals surface area contributed by atoms with Crippen LogP contribution < -0.4 is 10.1 Å². The van der Waals surface area contributed by atoms with E-state index >= 15 is 0 Å². The van der Waals surface area contributed by atoms with E-state index in [1.54, 1.807) is 11.1 Å². The topological polar surface area (TPSA) is 67.4 Å². The molecule has 6 nitrogen and oxygen atoms in total. The summed E-state index contributed by atoms with van der Waals surface area (Å²) in [5.41, 5.74) is 1.48. The fourth-order valence-electron chi connectivity index (χ4n) is 3.16. The number of ether oxygens (including phenoxy) is 1. The quantitative estimate of drug-likeness (QED) is 0.779. The van der Waals surface area contributed by atoms with Crippen LogP contribution in [0.25, 0.3) is 0 Å². The molecule has 1 saturated heterocycles. The predicted octanol–water partition coefficient (Wildman–Crippen LogP) is 4.01. The summed E-state index contributed by atoms with van der Waals surface area (Å²) in [6.45, 7) is 4.78. The zero-order chi connectivity index (χ0) is 20.1. The van der Waals surface area contributed by atoms with Gasteiger partial charge in [-0.15, -0.1) is 13.2 Å². The van der Waals surface area contributed by atoms with Crippen LogP contribution in [0.2, 0.25) is 0 Å². The number of nitrogens with one attached hydrogen (secondary N) is 1. The largest absolute Gasteiger partial charge is 0.574 e. The molecule has 0 atom stereocenters. The maximum Gasteiger partial charge on any atom is 0.574 e. The van der Waals surface area contributed by atoms with E-state index in [1.807, 2.05) is 12.1 Å². The molecule has 0 saturated carbocycles. The smallest absolute Gasteiger partial charge is 0.388 e. The second kappa shape index (κ2) is 8.28. The molecule has 1 fully saturated rings. The van der Waals surface area contributed by atoms with Gasteiger partial charge >= 0.3 is 6.36 Å². The van der Waals surface area contributed by atoms with Crippen LogP contribution in [0.3, 0.4) is 0 Å². The van der Waals surface area contributed by atoms with Crippen LogP contribution in [-0.2, 0) is 4.79 Å². The van der Waals surface area contributed by atoms with Crippen molar-refractivity contribution in [2.24, 2.45) is 0 Å². The van der Waals surface area contributed by atoms with Crippen molar-refractivity contribution in [3.8, 4) is 5.88 Å². The van der Waals surface area contributed by atoms with E-state index in [-0.39, 0.29) is 11.8 Å². The molecule has 2 aromatic heterocycles. The lowest BCUT2D eigenvalue weighted by Gasteiger charge is -2.32. The Kier molecular flexibility index (Phi) is 5.81. The van der Waals surface area contributed by atoms with E-state index in [0.29, 0.717) is 24.6 Å². The summed E-state index contributed by atoms with van der Waals surface area (Å²) in [4.78, 5) is 21.5. The Hall–Kier alpha value is -3.10. The van der Waals surface area contributed by atoms with Gasteiger partial charge in [0.1, 0.15) is 5.82 Å². The molecule has 28 heavy (non-hydrogen) atoms. The van der Waals surface area contributed by atoms with E-state index in [0.717, 1.165) is 24.5 Å². The molecule has 2 aromatic rings. The summed E-state index contributed by atoms with van der Waals surface area (Å²) in [7, 11) is 0. The number of amides is 1. The highest BCUT2D eigenvalue weighted by molar-refractivity contribution is 5.87. The molecule has 148 valence electrons. The Morgan fingerprint density at radius 1 is 1.25 bits per heavy atom. The molecule has 1 aliphatic heterocycles. The number of alkyl halides is 3. The number of aromatic nitrogens is 2. The van der Waals surface area contributed by atoms with Gasteiger partial charge in [-0.05, 0) is 42.5 Å². The number of carbonyl (C=O) groups is 1. The highest BCUT2D eigenvalue weighted by atomic mass is 19.4. The van der Waals surface area contributed by atoms with Gasteiger partial charge in [0, 0.05) is 25.4 Å². The minimum absolute atomic E-state index is 0.0739. The van der Waals surface area contributed by atoms with Crippen molar-refractivity contribution in [2.45, 2.75) is 25.1 Å². The predicted molar refractivity (Wildman–Crippen MR) is 97.2 cm³/mol. The number of anilines is 2. The Morgan fingerprint density at radius 3 is 2.61 bits per heavy atom. The second-order valence-electron chi connectivity index (χ2n) is 6.30. The number of rotatable bonds is 5. The minimum atomic E-state index is -4.78. The van der Waals surface area contributed by atoms with Crippen molar-refractivity contribution >= 4 is 17.4 Å². The van der Waals surface area contributed by atoms with E-state index in [4.69, 9.17) is 0 Å². The van der Waals surface area contributed by atoms with Crippen LogP contribution >= 0.6 is 0 Å². The Morgan fingerprint density at radius 2 is 2.00 bits per heavy atom. The molecular formula is C19H19F3N4O2. The summed E-state index contributed by atoms with van der Waals surface area (Å²) in [5, 5.41) is 3.10. The van der Waals surface area contributed by atoms with Gasteiger partial charge in [0.15, 0.2) is 0 Å². The first-order valence-electron chi connectivity index (χ1n) is 8.71. The van der Waals surface area contributed by atoms with Crippen LogP contribution in [0.5, 0.6) is 5.88 Å². The number of halogens is 3. The Labute approximate surface area is 160 Å². The van der Waals surface area contributed by atoms with Crippen molar-refractivity contribution in [3.05, 3.63) is 54.9 Å². The first-order valence-corrected chi connectivity index (χ1v) is 8.71. The van der Waals surface area contributed by atoms with Crippen molar-refractivity contribution in [1.82, 2.24) is 14.9 Å². The fraction of sp³-hybridized carbons (Fsp3) is 0.316. The van der Waals surface area contributed by atoms with Crippen LogP contribution in [0.4, 0.5) is 24.7 Å². The monoisotopic (exact) mass is 392 g/mol. The Balaban J connectivity index is 1.69.